The summed E-state index contributed by atoms with van der Waals surface area (Å²) < 4.78 is 1.60. The van der Waals surface area contributed by atoms with E-state index in [1.165, 1.54) is 0 Å². The van der Waals surface area contributed by atoms with Gasteiger partial charge in [-0.25, -0.2) is 9.78 Å². The molecule has 0 aromatic carbocycles. The molecule has 2 aromatic rings. The van der Waals surface area contributed by atoms with E-state index in [0.717, 1.165) is 0 Å². The average molecular weight is 273 g/mol. The summed E-state index contributed by atoms with van der Waals surface area (Å²) in [5.74, 6) is -0.520. The highest BCUT2D eigenvalue weighted by atomic mass is 16.4. The van der Waals surface area contributed by atoms with Crippen molar-refractivity contribution in [1.29, 1.82) is 0 Å². The summed E-state index contributed by atoms with van der Waals surface area (Å²) in [7, 11) is 0. The standard InChI is InChI=1S/C15H19N3O2/c1-5-9-18(15(2,3)4)13-12(14(19)20)17-10-7-6-8-11(17)16-13/h5-8,10H,1,9H2,2-4H3,(H,19,20). The molecule has 106 valence electrons. The van der Waals surface area contributed by atoms with Crippen molar-refractivity contribution < 1.29 is 9.90 Å². The second-order valence-electron chi connectivity index (χ2n) is 5.59. The number of hydrogen-bond donors (Lipinski definition) is 1. The van der Waals surface area contributed by atoms with Crippen molar-refractivity contribution in [3.8, 4) is 0 Å². The van der Waals surface area contributed by atoms with Crippen molar-refractivity contribution in [1.82, 2.24) is 9.38 Å². The van der Waals surface area contributed by atoms with Crippen LogP contribution >= 0.6 is 0 Å². The second kappa shape index (κ2) is 5.00. The predicted octanol–water partition coefficient (Wildman–Crippen LogP) is 2.82. The van der Waals surface area contributed by atoms with Crippen LogP contribution in [-0.4, -0.2) is 32.5 Å². The van der Waals surface area contributed by atoms with Crippen LogP contribution in [0.3, 0.4) is 0 Å². The molecule has 5 heteroatoms. The summed E-state index contributed by atoms with van der Waals surface area (Å²) in [4.78, 5) is 18.0. The average Bonchev–Trinajstić information content (AvgIpc) is 2.73. The van der Waals surface area contributed by atoms with Crippen LogP contribution in [0.5, 0.6) is 0 Å². The Morgan fingerprint density at radius 1 is 1.50 bits per heavy atom. The Morgan fingerprint density at radius 2 is 2.20 bits per heavy atom. The van der Waals surface area contributed by atoms with E-state index in [1.807, 2.05) is 31.7 Å². The summed E-state index contributed by atoms with van der Waals surface area (Å²) in [6.45, 7) is 10.3. The van der Waals surface area contributed by atoms with Crippen LogP contribution in [0.1, 0.15) is 31.3 Å². The van der Waals surface area contributed by atoms with E-state index in [1.54, 1.807) is 28.8 Å². The highest BCUT2D eigenvalue weighted by Gasteiger charge is 2.29. The first kappa shape index (κ1) is 14.1. The number of nitrogens with zero attached hydrogens (tertiary/aromatic N) is 3. The largest absolute Gasteiger partial charge is 0.476 e. The number of aromatic carboxylic acids is 1. The molecule has 0 amide bonds. The van der Waals surface area contributed by atoms with Crippen LogP contribution in [0.4, 0.5) is 5.82 Å². The molecule has 5 nitrogen and oxygen atoms in total. The van der Waals surface area contributed by atoms with Crippen LogP contribution < -0.4 is 4.90 Å². The Hall–Kier alpha value is -2.30. The third-order valence-corrected chi connectivity index (χ3v) is 3.09. The Labute approximate surface area is 118 Å². The molecular formula is C15H19N3O2. The van der Waals surface area contributed by atoms with Gasteiger partial charge in [-0.3, -0.25) is 4.40 Å². The SMILES string of the molecule is C=CCN(c1nc2ccccn2c1C(=O)O)C(C)(C)C. The van der Waals surface area contributed by atoms with Crippen molar-refractivity contribution in [3.05, 3.63) is 42.7 Å². The Bertz CT molecular complexity index is 653. The van der Waals surface area contributed by atoms with E-state index in [0.29, 0.717) is 18.0 Å². The van der Waals surface area contributed by atoms with Gasteiger partial charge in [0, 0.05) is 18.3 Å². The number of rotatable bonds is 4. The number of hydrogen-bond acceptors (Lipinski definition) is 3. The molecule has 0 spiro atoms. The van der Waals surface area contributed by atoms with Crippen LogP contribution in [0.15, 0.2) is 37.1 Å². The van der Waals surface area contributed by atoms with E-state index >= 15 is 0 Å². The second-order valence-corrected chi connectivity index (χ2v) is 5.59. The molecule has 0 unspecified atom stereocenters. The smallest absolute Gasteiger partial charge is 0.356 e. The third-order valence-electron chi connectivity index (χ3n) is 3.09. The normalized spacial score (nSPS) is 11.6. The first-order valence-electron chi connectivity index (χ1n) is 6.45. The fraction of sp³-hybridized carbons (Fsp3) is 0.333. The summed E-state index contributed by atoms with van der Waals surface area (Å²) in [6.07, 6.45) is 3.46. The van der Waals surface area contributed by atoms with E-state index in [4.69, 9.17) is 0 Å². The van der Waals surface area contributed by atoms with Gasteiger partial charge in [0.1, 0.15) is 5.65 Å². The third kappa shape index (κ3) is 2.39. The van der Waals surface area contributed by atoms with Gasteiger partial charge < -0.3 is 10.0 Å². The number of pyridine rings is 1. The topological polar surface area (TPSA) is 57.8 Å². The lowest BCUT2D eigenvalue weighted by molar-refractivity contribution is 0.0690. The summed E-state index contributed by atoms with van der Waals surface area (Å²) in [6, 6.07) is 5.43. The zero-order valence-electron chi connectivity index (χ0n) is 12.0. The Balaban J connectivity index is 2.71. The minimum atomic E-state index is -0.989. The van der Waals surface area contributed by atoms with Crippen molar-refractivity contribution in [3.63, 3.8) is 0 Å². The molecule has 0 fully saturated rings. The van der Waals surface area contributed by atoms with Crippen molar-refractivity contribution in [2.75, 3.05) is 11.4 Å². The molecule has 2 aromatic heterocycles. The molecule has 2 heterocycles. The zero-order valence-corrected chi connectivity index (χ0v) is 12.0. The zero-order chi connectivity index (χ0) is 14.9. The molecule has 0 atom stereocenters. The van der Waals surface area contributed by atoms with Crippen LogP contribution in [0.2, 0.25) is 0 Å². The van der Waals surface area contributed by atoms with E-state index < -0.39 is 5.97 Å². The molecular weight excluding hydrogens is 254 g/mol. The number of carboxylic acids is 1. The number of aromatic nitrogens is 2. The van der Waals surface area contributed by atoms with E-state index in [9.17, 15) is 9.90 Å². The highest BCUT2D eigenvalue weighted by molar-refractivity contribution is 5.93. The lowest BCUT2D eigenvalue weighted by atomic mass is 10.1. The molecule has 20 heavy (non-hydrogen) atoms. The molecule has 0 saturated carbocycles. The molecule has 0 bridgehead atoms. The van der Waals surface area contributed by atoms with Gasteiger partial charge >= 0.3 is 5.97 Å². The minimum Gasteiger partial charge on any atom is -0.476 e. The van der Waals surface area contributed by atoms with Gasteiger partial charge in [-0.2, -0.15) is 0 Å². The lowest BCUT2D eigenvalue weighted by Gasteiger charge is -2.35. The monoisotopic (exact) mass is 273 g/mol. The molecule has 0 aliphatic heterocycles. The van der Waals surface area contributed by atoms with Crippen molar-refractivity contribution in [2.45, 2.75) is 26.3 Å². The van der Waals surface area contributed by atoms with Crippen LogP contribution in [0.25, 0.3) is 5.65 Å². The van der Waals surface area contributed by atoms with Crippen molar-refractivity contribution >= 4 is 17.4 Å². The number of carboxylic acid groups (broad SMARTS) is 1. The number of imidazole rings is 1. The fourth-order valence-corrected chi connectivity index (χ4v) is 2.18. The molecule has 1 N–H and O–H groups in total. The predicted molar refractivity (Wildman–Crippen MR) is 79.4 cm³/mol. The summed E-state index contributed by atoms with van der Waals surface area (Å²) in [5.41, 5.74) is 0.548. The Morgan fingerprint density at radius 3 is 2.75 bits per heavy atom. The molecule has 2 rings (SSSR count). The number of anilines is 1. The van der Waals surface area contributed by atoms with Gasteiger partial charge in [0.05, 0.1) is 0 Å². The summed E-state index contributed by atoms with van der Waals surface area (Å²) >= 11 is 0. The van der Waals surface area contributed by atoms with Crippen LogP contribution in [0, 0.1) is 0 Å². The maximum absolute atomic E-state index is 11.6. The summed E-state index contributed by atoms with van der Waals surface area (Å²) in [5, 5.41) is 9.52. The van der Waals surface area contributed by atoms with Gasteiger partial charge in [0.2, 0.25) is 0 Å². The van der Waals surface area contributed by atoms with Gasteiger partial charge in [0.25, 0.3) is 0 Å². The van der Waals surface area contributed by atoms with E-state index in [2.05, 4.69) is 11.6 Å². The molecule has 0 aliphatic carbocycles. The van der Waals surface area contributed by atoms with Gasteiger partial charge in [0.15, 0.2) is 11.5 Å². The maximum atomic E-state index is 11.6. The first-order valence-corrected chi connectivity index (χ1v) is 6.45. The van der Waals surface area contributed by atoms with Crippen LogP contribution in [-0.2, 0) is 0 Å². The fourth-order valence-electron chi connectivity index (χ4n) is 2.18. The Kier molecular flexibility index (Phi) is 3.53. The maximum Gasteiger partial charge on any atom is 0.356 e. The molecule has 0 radical (unpaired) electrons. The lowest BCUT2D eigenvalue weighted by Crippen LogP contribution is -2.42. The van der Waals surface area contributed by atoms with Gasteiger partial charge in [-0.05, 0) is 32.9 Å². The molecule has 0 saturated heterocycles. The minimum absolute atomic E-state index is 0.178. The quantitative estimate of drug-likeness (QED) is 0.870. The first-order chi connectivity index (χ1) is 9.36. The number of carbonyl (C=O) groups is 1. The highest BCUT2D eigenvalue weighted by Crippen LogP contribution is 2.27. The number of fused-ring (bicyclic) bond motifs is 1. The van der Waals surface area contributed by atoms with Gasteiger partial charge in [-0.15, -0.1) is 6.58 Å². The molecule has 0 aliphatic rings. The van der Waals surface area contributed by atoms with Crippen molar-refractivity contribution in [2.24, 2.45) is 0 Å². The van der Waals surface area contributed by atoms with E-state index in [-0.39, 0.29) is 11.2 Å². The van der Waals surface area contributed by atoms with Gasteiger partial charge in [-0.1, -0.05) is 12.1 Å².